The molecule has 0 aliphatic carbocycles. The molecule has 6 nitrogen and oxygen atoms in total. The van der Waals surface area contributed by atoms with Gasteiger partial charge in [-0.25, -0.2) is 9.71 Å². The van der Waals surface area contributed by atoms with Crippen molar-refractivity contribution >= 4 is 26.7 Å². The number of aromatic nitrogens is 1. The van der Waals surface area contributed by atoms with Crippen LogP contribution in [0, 0.1) is 0 Å². The van der Waals surface area contributed by atoms with Crippen molar-refractivity contribution in [2.45, 2.75) is 39.5 Å². The smallest absolute Gasteiger partial charge is 0.303 e. The van der Waals surface area contributed by atoms with Crippen molar-refractivity contribution in [1.29, 1.82) is 0 Å². The molecule has 0 saturated heterocycles. The summed E-state index contributed by atoms with van der Waals surface area (Å²) in [6.45, 7) is 8.43. The molecule has 1 rings (SSSR count). The lowest BCUT2D eigenvalue weighted by Crippen LogP contribution is -2.34. The molecular weight excluding hydrogens is 308 g/mol. The van der Waals surface area contributed by atoms with Gasteiger partial charge in [-0.15, -0.1) is 11.3 Å². The largest absolute Gasteiger partial charge is 0.317 e. The fraction of sp³-hybridized carbons (Fsp3) is 0.769. The fourth-order valence-corrected chi connectivity index (χ4v) is 3.65. The van der Waals surface area contributed by atoms with Crippen LogP contribution in [0.3, 0.4) is 0 Å². The summed E-state index contributed by atoms with van der Waals surface area (Å²) in [6.07, 6.45) is 1.87. The zero-order chi connectivity index (χ0) is 15.9. The first-order chi connectivity index (χ1) is 9.86. The monoisotopic (exact) mass is 334 g/mol. The summed E-state index contributed by atoms with van der Waals surface area (Å²) in [4.78, 5) is 4.29. The molecule has 0 bridgehead atoms. The molecule has 1 aromatic rings. The SMILES string of the molecule is CCCNCCCN(C)S(=O)(=O)Nc1nc(C(C)C)cs1. The molecule has 0 amide bonds. The summed E-state index contributed by atoms with van der Waals surface area (Å²) in [5, 5.41) is 5.57. The average Bonchev–Trinajstić information content (AvgIpc) is 2.86. The van der Waals surface area contributed by atoms with Crippen LogP contribution in [0.2, 0.25) is 0 Å². The molecule has 2 N–H and O–H groups in total. The van der Waals surface area contributed by atoms with Crippen LogP contribution < -0.4 is 10.0 Å². The molecule has 0 aliphatic heterocycles. The van der Waals surface area contributed by atoms with Gasteiger partial charge < -0.3 is 5.32 Å². The standard InChI is InChI=1S/C13H26N4O2S2/c1-5-7-14-8-6-9-17(4)21(18,19)16-13-15-12(10-20-13)11(2)3/h10-11,14H,5-9H2,1-4H3,(H,15,16). The number of hydrogen-bond donors (Lipinski definition) is 2. The maximum Gasteiger partial charge on any atom is 0.303 e. The van der Waals surface area contributed by atoms with Crippen molar-refractivity contribution in [3.63, 3.8) is 0 Å². The van der Waals surface area contributed by atoms with E-state index in [9.17, 15) is 8.42 Å². The number of thiazole rings is 1. The molecule has 122 valence electrons. The fourth-order valence-electron chi connectivity index (χ4n) is 1.64. The van der Waals surface area contributed by atoms with Gasteiger partial charge in [0.25, 0.3) is 0 Å². The lowest BCUT2D eigenvalue weighted by molar-refractivity contribution is 0.458. The summed E-state index contributed by atoms with van der Waals surface area (Å²) >= 11 is 1.32. The van der Waals surface area contributed by atoms with E-state index in [1.165, 1.54) is 15.6 Å². The first-order valence-corrected chi connectivity index (χ1v) is 9.59. The van der Waals surface area contributed by atoms with Gasteiger partial charge in [0.15, 0.2) is 5.13 Å². The number of rotatable bonds is 10. The van der Waals surface area contributed by atoms with Crippen LogP contribution >= 0.6 is 11.3 Å². The Kier molecular flexibility index (Phi) is 7.58. The highest BCUT2D eigenvalue weighted by Gasteiger charge is 2.19. The van der Waals surface area contributed by atoms with Gasteiger partial charge in [0.2, 0.25) is 0 Å². The van der Waals surface area contributed by atoms with Crippen LogP contribution in [0.15, 0.2) is 5.38 Å². The van der Waals surface area contributed by atoms with E-state index < -0.39 is 10.2 Å². The first-order valence-electron chi connectivity index (χ1n) is 7.27. The maximum absolute atomic E-state index is 12.2. The zero-order valence-electron chi connectivity index (χ0n) is 13.2. The van der Waals surface area contributed by atoms with Crippen LogP contribution in [-0.2, 0) is 10.2 Å². The Labute approximate surface area is 132 Å². The summed E-state index contributed by atoms with van der Waals surface area (Å²) in [6, 6.07) is 0. The second kappa shape index (κ2) is 8.67. The summed E-state index contributed by atoms with van der Waals surface area (Å²) in [5.74, 6) is 0.293. The molecule has 0 aliphatic rings. The second-order valence-electron chi connectivity index (χ2n) is 5.26. The number of nitrogens with one attached hydrogen (secondary N) is 2. The van der Waals surface area contributed by atoms with Crippen molar-refractivity contribution in [3.8, 4) is 0 Å². The summed E-state index contributed by atoms with van der Waals surface area (Å²) < 4.78 is 28.2. The van der Waals surface area contributed by atoms with Crippen molar-refractivity contribution < 1.29 is 8.42 Å². The normalized spacial score (nSPS) is 12.3. The number of hydrogen-bond acceptors (Lipinski definition) is 5. The maximum atomic E-state index is 12.2. The van der Waals surface area contributed by atoms with E-state index in [4.69, 9.17) is 0 Å². The van der Waals surface area contributed by atoms with Gasteiger partial charge in [-0.1, -0.05) is 20.8 Å². The minimum atomic E-state index is -3.51. The lowest BCUT2D eigenvalue weighted by Gasteiger charge is -2.17. The summed E-state index contributed by atoms with van der Waals surface area (Å²) in [5.41, 5.74) is 0.907. The molecule has 1 heterocycles. The molecule has 0 unspecified atom stereocenters. The Hall–Kier alpha value is -0.700. The highest BCUT2D eigenvalue weighted by Crippen LogP contribution is 2.22. The van der Waals surface area contributed by atoms with E-state index in [0.717, 1.165) is 31.6 Å². The van der Waals surface area contributed by atoms with Gasteiger partial charge in [0.05, 0.1) is 5.69 Å². The molecule has 0 spiro atoms. The zero-order valence-corrected chi connectivity index (χ0v) is 14.9. The molecule has 21 heavy (non-hydrogen) atoms. The Bertz CT molecular complexity index is 514. The Morgan fingerprint density at radius 3 is 2.67 bits per heavy atom. The quantitative estimate of drug-likeness (QED) is 0.644. The second-order valence-corrected chi connectivity index (χ2v) is 7.90. The third-order valence-corrected chi connectivity index (χ3v) is 5.35. The highest BCUT2D eigenvalue weighted by atomic mass is 32.2. The third-order valence-electron chi connectivity index (χ3n) is 2.99. The molecule has 0 atom stereocenters. The van der Waals surface area contributed by atoms with E-state index in [1.54, 1.807) is 7.05 Å². The predicted octanol–water partition coefficient (Wildman–Crippen LogP) is 2.24. The summed E-state index contributed by atoms with van der Waals surface area (Å²) in [7, 11) is -1.93. The van der Waals surface area contributed by atoms with Crippen molar-refractivity contribution in [2.24, 2.45) is 0 Å². The number of anilines is 1. The topological polar surface area (TPSA) is 74.3 Å². The minimum Gasteiger partial charge on any atom is -0.317 e. The number of nitrogens with zero attached hydrogens (tertiary/aromatic N) is 2. The molecule has 0 aromatic carbocycles. The molecular formula is C13H26N4O2S2. The Morgan fingerprint density at radius 1 is 1.38 bits per heavy atom. The average molecular weight is 335 g/mol. The first kappa shape index (κ1) is 18.3. The van der Waals surface area contributed by atoms with Gasteiger partial charge in [-0.05, 0) is 31.8 Å². The van der Waals surface area contributed by atoms with Crippen LogP contribution in [0.25, 0.3) is 0 Å². The van der Waals surface area contributed by atoms with E-state index in [2.05, 4.69) is 21.9 Å². The lowest BCUT2D eigenvalue weighted by atomic mass is 10.2. The van der Waals surface area contributed by atoms with Gasteiger partial charge >= 0.3 is 10.2 Å². The van der Waals surface area contributed by atoms with E-state index in [-0.39, 0.29) is 0 Å². The molecule has 8 heteroatoms. The minimum absolute atomic E-state index is 0.293. The van der Waals surface area contributed by atoms with Crippen LogP contribution in [0.5, 0.6) is 0 Å². The van der Waals surface area contributed by atoms with E-state index in [1.807, 2.05) is 19.2 Å². The molecule has 0 radical (unpaired) electrons. The molecule has 1 aromatic heterocycles. The van der Waals surface area contributed by atoms with Crippen LogP contribution in [0.4, 0.5) is 5.13 Å². The van der Waals surface area contributed by atoms with Gasteiger partial charge in [-0.2, -0.15) is 12.7 Å². The third kappa shape index (κ3) is 6.29. The Morgan fingerprint density at radius 2 is 2.10 bits per heavy atom. The van der Waals surface area contributed by atoms with Gasteiger partial charge in [-0.3, -0.25) is 0 Å². The van der Waals surface area contributed by atoms with Crippen molar-refractivity contribution in [2.75, 3.05) is 31.4 Å². The molecule has 0 fully saturated rings. The van der Waals surface area contributed by atoms with Gasteiger partial charge in [0, 0.05) is 19.0 Å². The van der Waals surface area contributed by atoms with Crippen molar-refractivity contribution in [1.82, 2.24) is 14.6 Å². The molecule has 0 saturated carbocycles. The van der Waals surface area contributed by atoms with Crippen LogP contribution in [0.1, 0.15) is 45.2 Å². The van der Waals surface area contributed by atoms with Crippen molar-refractivity contribution in [3.05, 3.63) is 11.1 Å². The van der Waals surface area contributed by atoms with E-state index >= 15 is 0 Å². The predicted molar refractivity (Wildman–Crippen MR) is 89.2 cm³/mol. The van der Waals surface area contributed by atoms with Crippen LogP contribution in [-0.4, -0.2) is 44.4 Å². The van der Waals surface area contributed by atoms with Gasteiger partial charge in [0.1, 0.15) is 0 Å². The van der Waals surface area contributed by atoms with E-state index in [0.29, 0.717) is 17.6 Å². The highest BCUT2D eigenvalue weighted by molar-refractivity contribution is 7.90. The Balaban J connectivity index is 2.47.